The maximum Gasteiger partial charge on any atom is 0.348 e. The van der Waals surface area contributed by atoms with Crippen LogP contribution < -0.4 is 0 Å². The molecule has 66 valence electrons. The van der Waals surface area contributed by atoms with E-state index in [4.69, 9.17) is 5.26 Å². The molecule has 0 aromatic rings. The van der Waals surface area contributed by atoms with Crippen molar-refractivity contribution in [2.24, 2.45) is 5.41 Å². The average Bonchev–Trinajstić information content (AvgIpc) is 1.97. The van der Waals surface area contributed by atoms with Crippen molar-refractivity contribution in [2.75, 3.05) is 7.11 Å². The van der Waals surface area contributed by atoms with Gasteiger partial charge < -0.3 is 4.74 Å². The molecular weight excluding hydrogens is 154 g/mol. The van der Waals surface area contributed by atoms with Crippen LogP contribution in [0.5, 0.6) is 0 Å². The Hall–Kier alpha value is -1.30. The second-order valence-electron chi connectivity index (χ2n) is 3.53. The zero-order valence-corrected chi connectivity index (χ0v) is 7.84. The standard InChI is InChI=1S/C9H13NO2/c1-9(2,3)5-7(6-10)8(11)12-4/h5H,1-4H3. The smallest absolute Gasteiger partial charge is 0.348 e. The van der Waals surface area contributed by atoms with E-state index in [0.717, 1.165) is 0 Å². The first-order chi connectivity index (χ1) is 5.40. The lowest BCUT2D eigenvalue weighted by Crippen LogP contribution is -2.08. The van der Waals surface area contributed by atoms with Crippen molar-refractivity contribution in [1.82, 2.24) is 0 Å². The molecule has 0 aromatic heterocycles. The highest BCUT2D eigenvalue weighted by Gasteiger charge is 2.14. The van der Waals surface area contributed by atoms with Crippen LogP contribution in [-0.2, 0) is 9.53 Å². The van der Waals surface area contributed by atoms with Gasteiger partial charge >= 0.3 is 5.97 Å². The monoisotopic (exact) mass is 167 g/mol. The topological polar surface area (TPSA) is 50.1 Å². The van der Waals surface area contributed by atoms with E-state index in [0.29, 0.717) is 0 Å². The summed E-state index contributed by atoms with van der Waals surface area (Å²) in [6, 6.07) is 1.80. The summed E-state index contributed by atoms with van der Waals surface area (Å²) in [5, 5.41) is 8.57. The van der Waals surface area contributed by atoms with Gasteiger partial charge in [-0.2, -0.15) is 5.26 Å². The molecule has 0 bridgehead atoms. The number of esters is 1. The second kappa shape index (κ2) is 3.91. The first-order valence-electron chi connectivity index (χ1n) is 3.62. The normalized spacial score (nSPS) is 12.1. The molecule has 0 aliphatic heterocycles. The number of hydrogen-bond donors (Lipinski definition) is 0. The van der Waals surface area contributed by atoms with E-state index in [1.165, 1.54) is 7.11 Å². The molecule has 0 fully saturated rings. The maximum atomic E-state index is 10.9. The molecule has 0 aromatic carbocycles. The summed E-state index contributed by atoms with van der Waals surface area (Å²) in [7, 11) is 1.26. The lowest BCUT2D eigenvalue weighted by Gasteiger charge is -2.11. The zero-order chi connectivity index (χ0) is 9.78. The molecule has 0 radical (unpaired) electrons. The first kappa shape index (κ1) is 10.7. The Morgan fingerprint density at radius 1 is 1.50 bits per heavy atom. The van der Waals surface area contributed by atoms with Gasteiger partial charge in [-0.15, -0.1) is 0 Å². The third kappa shape index (κ3) is 3.77. The van der Waals surface area contributed by atoms with E-state index in [2.05, 4.69) is 4.74 Å². The number of carbonyl (C=O) groups is 1. The van der Waals surface area contributed by atoms with Gasteiger partial charge in [0.15, 0.2) is 0 Å². The molecule has 0 spiro atoms. The van der Waals surface area contributed by atoms with Gasteiger partial charge in [-0.25, -0.2) is 4.79 Å². The van der Waals surface area contributed by atoms with Gasteiger partial charge in [0.1, 0.15) is 11.6 Å². The lowest BCUT2D eigenvalue weighted by atomic mass is 9.94. The number of ether oxygens (including phenoxy) is 1. The molecule has 0 atom stereocenters. The fourth-order valence-electron chi connectivity index (χ4n) is 0.680. The summed E-state index contributed by atoms with van der Waals surface area (Å²) in [5.41, 5.74) is -0.121. The summed E-state index contributed by atoms with van der Waals surface area (Å²) in [5.74, 6) is -0.576. The molecule has 0 unspecified atom stereocenters. The molecule has 3 heteroatoms. The predicted octanol–water partition coefficient (Wildman–Crippen LogP) is 1.66. The Bertz CT molecular complexity index is 240. The number of hydrogen-bond acceptors (Lipinski definition) is 3. The van der Waals surface area contributed by atoms with Crippen LogP contribution in [0.15, 0.2) is 11.6 Å². The van der Waals surface area contributed by atoms with Crippen LogP contribution in [0.4, 0.5) is 0 Å². The van der Waals surface area contributed by atoms with Crippen LogP contribution in [-0.4, -0.2) is 13.1 Å². The highest BCUT2D eigenvalue weighted by atomic mass is 16.5. The second-order valence-corrected chi connectivity index (χ2v) is 3.53. The van der Waals surface area contributed by atoms with Gasteiger partial charge in [0.25, 0.3) is 0 Å². The molecule has 0 aliphatic carbocycles. The molecule has 0 saturated carbocycles. The summed E-state index contributed by atoms with van der Waals surface area (Å²) in [4.78, 5) is 10.9. The summed E-state index contributed by atoms with van der Waals surface area (Å²) < 4.78 is 4.42. The third-order valence-corrected chi connectivity index (χ3v) is 1.10. The largest absolute Gasteiger partial charge is 0.465 e. The molecule has 0 heterocycles. The van der Waals surface area contributed by atoms with Crippen molar-refractivity contribution in [2.45, 2.75) is 20.8 Å². The molecule has 3 nitrogen and oxygen atoms in total. The average molecular weight is 167 g/mol. The third-order valence-electron chi connectivity index (χ3n) is 1.10. The number of nitrogens with zero attached hydrogens (tertiary/aromatic N) is 1. The van der Waals surface area contributed by atoms with Crippen molar-refractivity contribution in [3.63, 3.8) is 0 Å². The molecule has 0 N–H and O–H groups in total. The van der Waals surface area contributed by atoms with Gasteiger partial charge in [-0.3, -0.25) is 0 Å². The summed E-state index contributed by atoms with van der Waals surface area (Å²) in [6.07, 6.45) is 1.60. The van der Waals surface area contributed by atoms with E-state index in [1.54, 1.807) is 12.1 Å². The van der Waals surface area contributed by atoms with Crippen LogP contribution in [0.25, 0.3) is 0 Å². The van der Waals surface area contributed by atoms with Crippen molar-refractivity contribution in [3.8, 4) is 6.07 Å². The Morgan fingerprint density at radius 2 is 2.00 bits per heavy atom. The van der Waals surface area contributed by atoms with E-state index in [9.17, 15) is 4.79 Å². The Labute approximate surface area is 72.6 Å². The number of nitriles is 1. The maximum absolute atomic E-state index is 10.9. The summed E-state index contributed by atoms with van der Waals surface area (Å²) in [6.45, 7) is 5.73. The van der Waals surface area contributed by atoms with Crippen LogP contribution in [0.1, 0.15) is 20.8 Å². The highest BCUT2D eigenvalue weighted by Crippen LogP contribution is 2.17. The lowest BCUT2D eigenvalue weighted by molar-refractivity contribution is -0.135. The van der Waals surface area contributed by atoms with Crippen LogP contribution in [0.3, 0.4) is 0 Å². The quantitative estimate of drug-likeness (QED) is 0.339. The van der Waals surface area contributed by atoms with Crippen molar-refractivity contribution >= 4 is 5.97 Å². The van der Waals surface area contributed by atoms with E-state index >= 15 is 0 Å². The Morgan fingerprint density at radius 3 is 2.25 bits per heavy atom. The highest BCUT2D eigenvalue weighted by molar-refractivity contribution is 5.92. The molecular formula is C9H13NO2. The van der Waals surface area contributed by atoms with Gasteiger partial charge in [0.05, 0.1) is 7.11 Å². The fraction of sp³-hybridized carbons (Fsp3) is 0.556. The Balaban J connectivity index is 4.71. The fourth-order valence-corrected chi connectivity index (χ4v) is 0.680. The van der Waals surface area contributed by atoms with Crippen LogP contribution in [0, 0.1) is 16.7 Å². The van der Waals surface area contributed by atoms with Gasteiger partial charge in [-0.05, 0) is 5.41 Å². The number of allylic oxidation sites excluding steroid dienone is 1. The number of rotatable bonds is 1. The van der Waals surface area contributed by atoms with Crippen molar-refractivity contribution in [1.29, 1.82) is 5.26 Å². The molecule has 0 saturated heterocycles. The molecule has 12 heavy (non-hydrogen) atoms. The van der Waals surface area contributed by atoms with Crippen molar-refractivity contribution < 1.29 is 9.53 Å². The minimum atomic E-state index is -0.576. The zero-order valence-electron chi connectivity index (χ0n) is 7.84. The van der Waals surface area contributed by atoms with E-state index in [1.807, 2.05) is 20.8 Å². The molecule has 0 rings (SSSR count). The number of carbonyl (C=O) groups excluding carboxylic acids is 1. The predicted molar refractivity (Wildman–Crippen MR) is 45.2 cm³/mol. The summed E-state index contributed by atoms with van der Waals surface area (Å²) >= 11 is 0. The van der Waals surface area contributed by atoms with Crippen molar-refractivity contribution in [3.05, 3.63) is 11.6 Å². The SMILES string of the molecule is COC(=O)C(C#N)=CC(C)(C)C. The van der Waals surface area contributed by atoms with E-state index < -0.39 is 5.97 Å². The minimum Gasteiger partial charge on any atom is -0.465 e. The van der Waals surface area contributed by atoms with Crippen LogP contribution >= 0.6 is 0 Å². The molecule has 0 amide bonds. The van der Waals surface area contributed by atoms with Crippen LogP contribution in [0.2, 0.25) is 0 Å². The first-order valence-corrected chi connectivity index (χ1v) is 3.62. The van der Waals surface area contributed by atoms with Gasteiger partial charge in [0.2, 0.25) is 0 Å². The van der Waals surface area contributed by atoms with Gasteiger partial charge in [-0.1, -0.05) is 26.8 Å². The minimum absolute atomic E-state index is 0.0602. The Kier molecular flexibility index (Phi) is 3.49. The number of methoxy groups -OCH3 is 1. The molecule has 0 aliphatic rings. The van der Waals surface area contributed by atoms with Gasteiger partial charge in [0, 0.05) is 0 Å². The van der Waals surface area contributed by atoms with E-state index in [-0.39, 0.29) is 11.0 Å².